The molecule has 1 amide bonds. The molecule has 3 nitrogen and oxygen atoms in total. The first kappa shape index (κ1) is 10.3. The van der Waals surface area contributed by atoms with Crippen molar-refractivity contribution in [1.82, 2.24) is 0 Å². The zero-order valence-electron chi connectivity index (χ0n) is 8.40. The van der Waals surface area contributed by atoms with E-state index in [2.05, 4.69) is 0 Å². The Kier molecular flexibility index (Phi) is 3.29. The number of amides is 1. The fraction of sp³-hybridized carbons (Fsp3) is 0.182. The summed E-state index contributed by atoms with van der Waals surface area (Å²) in [4.78, 5) is 12.8. The van der Waals surface area contributed by atoms with Crippen LogP contribution in [0.2, 0.25) is 0 Å². The zero-order valence-corrected chi connectivity index (χ0v) is 8.40. The molecule has 1 aromatic rings. The summed E-state index contributed by atoms with van der Waals surface area (Å²) in [6, 6.07) is 7.18. The molecular weight excluding hydrogens is 176 g/mol. The Morgan fingerprint density at radius 1 is 1.36 bits per heavy atom. The van der Waals surface area contributed by atoms with Crippen LogP contribution in [-0.4, -0.2) is 5.91 Å². The van der Waals surface area contributed by atoms with E-state index < -0.39 is 0 Å². The highest BCUT2D eigenvalue weighted by atomic mass is 16.2. The first-order valence-corrected chi connectivity index (χ1v) is 4.43. The van der Waals surface area contributed by atoms with Gasteiger partial charge in [-0.2, -0.15) is 0 Å². The Labute approximate surface area is 83.8 Å². The van der Waals surface area contributed by atoms with Crippen molar-refractivity contribution in [1.29, 1.82) is 0 Å². The van der Waals surface area contributed by atoms with Crippen LogP contribution in [0.1, 0.15) is 13.8 Å². The molecule has 0 spiro atoms. The van der Waals surface area contributed by atoms with E-state index in [1.165, 1.54) is 6.92 Å². The Bertz CT molecular complexity index is 341. The molecule has 1 rings (SSSR count). The summed E-state index contributed by atoms with van der Waals surface area (Å²) < 4.78 is 0. The summed E-state index contributed by atoms with van der Waals surface area (Å²) in [5, 5.41) is 0. The number of nitrogens with two attached hydrogens (primary N) is 1. The minimum atomic E-state index is -0.0205. The van der Waals surface area contributed by atoms with Gasteiger partial charge < -0.3 is 5.73 Å². The third-order valence-electron chi connectivity index (χ3n) is 1.81. The van der Waals surface area contributed by atoms with Crippen molar-refractivity contribution in [3.63, 3.8) is 0 Å². The van der Waals surface area contributed by atoms with E-state index in [0.717, 1.165) is 5.69 Å². The van der Waals surface area contributed by atoms with Gasteiger partial charge in [-0.1, -0.05) is 6.08 Å². The minimum absolute atomic E-state index is 0.0205. The van der Waals surface area contributed by atoms with Crippen molar-refractivity contribution in [2.75, 3.05) is 10.6 Å². The van der Waals surface area contributed by atoms with Crippen molar-refractivity contribution < 1.29 is 4.79 Å². The van der Waals surface area contributed by atoms with Crippen LogP contribution in [0.3, 0.4) is 0 Å². The SMILES string of the molecule is C/C=C\N(C(C)=O)c1ccc(N)cc1. The Morgan fingerprint density at radius 3 is 2.36 bits per heavy atom. The summed E-state index contributed by atoms with van der Waals surface area (Å²) in [5.74, 6) is -0.0205. The van der Waals surface area contributed by atoms with Gasteiger partial charge >= 0.3 is 0 Å². The summed E-state index contributed by atoms with van der Waals surface area (Å²) >= 11 is 0. The number of anilines is 2. The van der Waals surface area contributed by atoms with Gasteiger partial charge in [0.05, 0.1) is 0 Å². The van der Waals surface area contributed by atoms with Crippen molar-refractivity contribution in [3.05, 3.63) is 36.5 Å². The molecule has 0 saturated carbocycles. The van der Waals surface area contributed by atoms with Crippen molar-refractivity contribution in [2.24, 2.45) is 0 Å². The lowest BCUT2D eigenvalue weighted by Crippen LogP contribution is -2.21. The third kappa shape index (κ3) is 2.36. The van der Waals surface area contributed by atoms with Gasteiger partial charge in [0, 0.05) is 24.5 Å². The lowest BCUT2D eigenvalue weighted by atomic mass is 10.2. The average molecular weight is 190 g/mol. The van der Waals surface area contributed by atoms with Gasteiger partial charge in [0.2, 0.25) is 5.91 Å². The highest BCUT2D eigenvalue weighted by molar-refractivity contribution is 5.93. The number of carbonyl (C=O) groups is 1. The Morgan fingerprint density at radius 2 is 1.93 bits per heavy atom. The highest BCUT2D eigenvalue weighted by Crippen LogP contribution is 2.16. The quantitative estimate of drug-likeness (QED) is 0.726. The molecule has 2 N–H and O–H groups in total. The lowest BCUT2D eigenvalue weighted by Gasteiger charge is -2.16. The van der Waals surface area contributed by atoms with Crippen LogP contribution in [0.25, 0.3) is 0 Å². The first-order valence-electron chi connectivity index (χ1n) is 4.43. The largest absolute Gasteiger partial charge is 0.399 e. The molecule has 0 bridgehead atoms. The summed E-state index contributed by atoms with van der Waals surface area (Å²) in [6.07, 6.45) is 3.55. The van der Waals surface area contributed by atoms with Crippen LogP contribution in [0.5, 0.6) is 0 Å². The van der Waals surface area contributed by atoms with E-state index in [1.54, 1.807) is 23.2 Å². The van der Waals surface area contributed by atoms with Crippen LogP contribution in [-0.2, 0) is 4.79 Å². The lowest BCUT2D eigenvalue weighted by molar-refractivity contribution is -0.116. The van der Waals surface area contributed by atoms with E-state index in [0.29, 0.717) is 5.69 Å². The number of hydrogen-bond donors (Lipinski definition) is 1. The fourth-order valence-corrected chi connectivity index (χ4v) is 1.16. The van der Waals surface area contributed by atoms with Gasteiger partial charge in [0.15, 0.2) is 0 Å². The van der Waals surface area contributed by atoms with E-state index >= 15 is 0 Å². The minimum Gasteiger partial charge on any atom is -0.399 e. The predicted molar refractivity (Wildman–Crippen MR) is 58.8 cm³/mol. The molecule has 0 aromatic heterocycles. The van der Waals surface area contributed by atoms with E-state index in [1.807, 2.05) is 25.1 Å². The molecule has 3 heteroatoms. The van der Waals surface area contributed by atoms with Gasteiger partial charge in [0.25, 0.3) is 0 Å². The maximum Gasteiger partial charge on any atom is 0.227 e. The number of benzene rings is 1. The maximum absolute atomic E-state index is 11.3. The van der Waals surface area contributed by atoms with Gasteiger partial charge in [0.1, 0.15) is 0 Å². The number of nitrogens with zero attached hydrogens (tertiary/aromatic N) is 1. The number of nitrogen functional groups attached to an aromatic ring is 1. The normalized spacial score (nSPS) is 10.4. The van der Waals surface area contributed by atoms with E-state index in [-0.39, 0.29) is 5.91 Å². The smallest absolute Gasteiger partial charge is 0.227 e. The summed E-state index contributed by atoms with van der Waals surface area (Å²) in [7, 11) is 0. The molecule has 0 aliphatic carbocycles. The van der Waals surface area contributed by atoms with Crippen molar-refractivity contribution >= 4 is 17.3 Å². The molecule has 0 radical (unpaired) electrons. The first-order chi connectivity index (χ1) is 6.65. The second kappa shape index (κ2) is 4.46. The second-order valence-corrected chi connectivity index (χ2v) is 2.96. The zero-order chi connectivity index (χ0) is 10.6. The van der Waals surface area contributed by atoms with Crippen LogP contribution >= 0.6 is 0 Å². The average Bonchev–Trinajstić information content (AvgIpc) is 2.15. The molecule has 1 aromatic carbocycles. The Balaban J connectivity index is 2.99. The molecular formula is C11H14N2O. The van der Waals surface area contributed by atoms with Crippen LogP contribution in [0.15, 0.2) is 36.5 Å². The molecule has 0 saturated heterocycles. The summed E-state index contributed by atoms with van der Waals surface area (Å²) in [6.45, 7) is 3.39. The number of hydrogen-bond acceptors (Lipinski definition) is 2. The molecule has 74 valence electrons. The maximum atomic E-state index is 11.3. The number of carbonyl (C=O) groups excluding carboxylic acids is 1. The number of allylic oxidation sites excluding steroid dienone is 1. The molecule has 0 fully saturated rings. The predicted octanol–water partition coefficient (Wildman–Crippen LogP) is 2.16. The molecule has 0 heterocycles. The Hall–Kier alpha value is -1.77. The standard InChI is InChI=1S/C11H14N2O/c1-3-8-13(9(2)14)11-6-4-10(12)5-7-11/h3-8H,12H2,1-2H3/b8-3-. The topological polar surface area (TPSA) is 46.3 Å². The number of rotatable bonds is 2. The molecule has 0 unspecified atom stereocenters. The molecule has 14 heavy (non-hydrogen) atoms. The van der Waals surface area contributed by atoms with Crippen LogP contribution in [0, 0.1) is 0 Å². The molecule has 0 aliphatic rings. The summed E-state index contributed by atoms with van der Waals surface area (Å²) in [5.41, 5.74) is 7.07. The van der Waals surface area contributed by atoms with Crippen molar-refractivity contribution in [2.45, 2.75) is 13.8 Å². The van der Waals surface area contributed by atoms with Gasteiger partial charge in [-0.05, 0) is 31.2 Å². The van der Waals surface area contributed by atoms with E-state index in [4.69, 9.17) is 5.73 Å². The van der Waals surface area contributed by atoms with Crippen LogP contribution in [0.4, 0.5) is 11.4 Å². The van der Waals surface area contributed by atoms with E-state index in [9.17, 15) is 4.79 Å². The van der Waals surface area contributed by atoms with Gasteiger partial charge in [-0.15, -0.1) is 0 Å². The van der Waals surface area contributed by atoms with Crippen LogP contribution < -0.4 is 10.6 Å². The third-order valence-corrected chi connectivity index (χ3v) is 1.81. The van der Waals surface area contributed by atoms with Gasteiger partial charge in [-0.3, -0.25) is 9.69 Å². The van der Waals surface area contributed by atoms with Gasteiger partial charge in [-0.25, -0.2) is 0 Å². The second-order valence-electron chi connectivity index (χ2n) is 2.96. The molecule has 0 atom stereocenters. The molecule has 0 aliphatic heterocycles. The monoisotopic (exact) mass is 190 g/mol. The highest BCUT2D eigenvalue weighted by Gasteiger charge is 2.06. The van der Waals surface area contributed by atoms with Crippen molar-refractivity contribution in [3.8, 4) is 0 Å². The fourth-order valence-electron chi connectivity index (χ4n) is 1.16.